The molecule has 5 nitrogen and oxygen atoms in total. The van der Waals surface area contributed by atoms with E-state index in [2.05, 4.69) is 65.3 Å². The average Bonchev–Trinajstić information content (AvgIpc) is 3.36. The molecule has 4 aromatic rings. The molecular formula is C30H30FN3O2. The van der Waals surface area contributed by atoms with Gasteiger partial charge >= 0.3 is 0 Å². The van der Waals surface area contributed by atoms with Crippen LogP contribution in [0, 0.1) is 5.82 Å². The number of benzene rings is 3. The number of hydrogen-bond donors (Lipinski definition) is 0. The molecule has 0 fully saturated rings. The Labute approximate surface area is 211 Å². The lowest BCUT2D eigenvalue weighted by molar-refractivity contribution is 0.411. The summed E-state index contributed by atoms with van der Waals surface area (Å²) in [6.07, 6.45) is 6.45. The van der Waals surface area contributed by atoms with Crippen molar-refractivity contribution in [1.82, 2.24) is 10.2 Å². The highest BCUT2D eigenvalue weighted by atomic mass is 19.1. The molecule has 5 rings (SSSR count). The Bertz CT molecular complexity index is 1360. The van der Waals surface area contributed by atoms with Crippen LogP contribution in [0.25, 0.3) is 12.2 Å². The summed E-state index contributed by atoms with van der Waals surface area (Å²) in [5.74, 6) is 1.79. The van der Waals surface area contributed by atoms with Gasteiger partial charge in [-0.2, -0.15) is 0 Å². The van der Waals surface area contributed by atoms with Crippen molar-refractivity contribution in [3.05, 3.63) is 107 Å². The van der Waals surface area contributed by atoms with E-state index in [9.17, 15) is 4.39 Å². The molecule has 1 unspecified atom stereocenters. The van der Waals surface area contributed by atoms with E-state index in [1.54, 1.807) is 7.11 Å². The van der Waals surface area contributed by atoms with Crippen LogP contribution in [0.1, 0.15) is 54.3 Å². The molecule has 6 heteroatoms. The number of methoxy groups -OCH3 is 1. The summed E-state index contributed by atoms with van der Waals surface area (Å²) in [6, 6.07) is 21.6. The molecule has 1 aliphatic heterocycles. The van der Waals surface area contributed by atoms with Crippen LogP contribution < -0.4 is 9.64 Å². The normalized spacial score (nSPS) is 17.4. The van der Waals surface area contributed by atoms with E-state index in [1.807, 2.05) is 30.4 Å². The number of hydrogen-bond acceptors (Lipinski definition) is 5. The van der Waals surface area contributed by atoms with Gasteiger partial charge in [0.25, 0.3) is 0 Å². The van der Waals surface area contributed by atoms with E-state index in [4.69, 9.17) is 9.15 Å². The first-order chi connectivity index (χ1) is 17.5. The summed E-state index contributed by atoms with van der Waals surface area (Å²) < 4.78 is 24.9. The molecule has 0 saturated heterocycles. The van der Waals surface area contributed by atoms with Crippen LogP contribution in [0.2, 0.25) is 0 Å². The van der Waals surface area contributed by atoms with Crippen molar-refractivity contribution in [1.29, 1.82) is 0 Å². The maximum Gasteiger partial charge on any atom is 0.240 e. The van der Waals surface area contributed by atoms with E-state index in [0.717, 1.165) is 48.4 Å². The van der Waals surface area contributed by atoms with E-state index in [1.165, 1.54) is 23.3 Å². The highest BCUT2D eigenvalue weighted by Gasteiger charge is 2.40. The largest absolute Gasteiger partial charge is 0.497 e. The topological polar surface area (TPSA) is 51.4 Å². The minimum absolute atomic E-state index is 0.234. The van der Waals surface area contributed by atoms with E-state index < -0.39 is 5.54 Å². The minimum atomic E-state index is -0.443. The number of nitrogens with zero attached hydrogens (tertiary/aromatic N) is 3. The molecule has 0 aliphatic carbocycles. The second-order valence-electron chi connectivity index (χ2n) is 9.21. The first-order valence-corrected chi connectivity index (χ1v) is 12.3. The fraction of sp³-hybridized carbons (Fsp3) is 0.267. The maximum absolute atomic E-state index is 13.7. The average molecular weight is 484 g/mol. The fourth-order valence-electron chi connectivity index (χ4n) is 5.03. The zero-order valence-corrected chi connectivity index (χ0v) is 20.9. The number of rotatable bonds is 7. The number of halogens is 1. The van der Waals surface area contributed by atoms with Gasteiger partial charge in [0.1, 0.15) is 11.6 Å². The number of aryl methyl sites for hydroxylation is 1. The Kier molecular flexibility index (Phi) is 6.59. The predicted molar refractivity (Wildman–Crippen MR) is 141 cm³/mol. The van der Waals surface area contributed by atoms with E-state index >= 15 is 0 Å². The molecule has 1 aliphatic rings. The number of fused-ring (bicyclic) bond motifs is 1. The van der Waals surface area contributed by atoms with Crippen molar-refractivity contribution < 1.29 is 13.5 Å². The third kappa shape index (κ3) is 4.51. The summed E-state index contributed by atoms with van der Waals surface area (Å²) in [4.78, 5) is 2.36. The van der Waals surface area contributed by atoms with Crippen LogP contribution in [0.15, 0.2) is 71.1 Å². The third-order valence-corrected chi connectivity index (χ3v) is 6.96. The van der Waals surface area contributed by atoms with Crippen molar-refractivity contribution in [2.45, 2.75) is 38.6 Å². The molecule has 3 aromatic carbocycles. The summed E-state index contributed by atoms with van der Waals surface area (Å²) in [5.41, 5.74) is 5.22. The number of anilines is 1. The summed E-state index contributed by atoms with van der Waals surface area (Å²) in [6.45, 7) is 5.13. The summed E-state index contributed by atoms with van der Waals surface area (Å²) >= 11 is 0. The molecule has 0 radical (unpaired) electrons. The summed E-state index contributed by atoms with van der Waals surface area (Å²) in [5, 5.41) is 8.17. The highest BCUT2D eigenvalue weighted by molar-refractivity contribution is 5.67. The molecule has 0 spiro atoms. The molecule has 1 aromatic heterocycles. The number of aromatic nitrogens is 2. The van der Waals surface area contributed by atoms with E-state index in [-0.39, 0.29) is 5.82 Å². The fourth-order valence-corrected chi connectivity index (χ4v) is 5.03. The highest BCUT2D eigenvalue weighted by Crippen LogP contribution is 2.44. The van der Waals surface area contributed by atoms with Crippen LogP contribution in [0.5, 0.6) is 5.75 Å². The monoisotopic (exact) mass is 483 g/mol. The zero-order valence-electron chi connectivity index (χ0n) is 20.9. The minimum Gasteiger partial charge on any atom is -0.497 e. The molecule has 0 amide bonds. The Morgan fingerprint density at radius 3 is 2.53 bits per heavy atom. The van der Waals surface area contributed by atoms with Gasteiger partial charge < -0.3 is 14.1 Å². The molecule has 0 N–H and O–H groups in total. The summed E-state index contributed by atoms with van der Waals surface area (Å²) in [7, 11) is 1.69. The zero-order chi connectivity index (χ0) is 25.1. The Morgan fingerprint density at radius 2 is 1.81 bits per heavy atom. The molecule has 184 valence electrons. The Morgan fingerprint density at radius 1 is 1.03 bits per heavy atom. The van der Waals surface area contributed by atoms with Gasteiger partial charge in [0.2, 0.25) is 11.8 Å². The SMILES string of the molecule is CCCc1nnc(C=Cc2ccc(C3(C)c4ccc(OC)cc4CCN3c3ccc(F)cc3)cc2)o1. The lowest BCUT2D eigenvalue weighted by atomic mass is 9.76. The van der Waals surface area contributed by atoms with Crippen LogP contribution >= 0.6 is 0 Å². The molecule has 0 bridgehead atoms. The predicted octanol–water partition coefficient (Wildman–Crippen LogP) is 6.67. The Balaban J connectivity index is 1.50. The van der Waals surface area contributed by atoms with Crippen LogP contribution in [-0.2, 0) is 18.4 Å². The third-order valence-electron chi connectivity index (χ3n) is 6.96. The molecule has 1 atom stereocenters. The van der Waals surface area contributed by atoms with Gasteiger partial charge in [0.05, 0.1) is 12.6 Å². The first-order valence-electron chi connectivity index (χ1n) is 12.3. The van der Waals surface area contributed by atoms with Crippen molar-refractivity contribution in [2.75, 3.05) is 18.6 Å². The van der Waals surface area contributed by atoms with Crippen LogP contribution in [0.3, 0.4) is 0 Å². The first kappa shape index (κ1) is 23.8. The van der Waals surface area contributed by atoms with Crippen molar-refractivity contribution in [3.63, 3.8) is 0 Å². The second-order valence-corrected chi connectivity index (χ2v) is 9.21. The molecule has 0 saturated carbocycles. The molecular weight excluding hydrogens is 453 g/mol. The van der Waals surface area contributed by atoms with Crippen molar-refractivity contribution >= 4 is 17.8 Å². The van der Waals surface area contributed by atoms with Gasteiger partial charge in [-0.3, -0.25) is 0 Å². The van der Waals surface area contributed by atoms with Gasteiger partial charge in [-0.1, -0.05) is 37.3 Å². The lowest BCUT2D eigenvalue weighted by Crippen LogP contribution is -2.49. The molecule has 36 heavy (non-hydrogen) atoms. The molecule has 2 heterocycles. The quantitative estimate of drug-likeness (QED) is 0.294. The standard InChI is InChI=1S/C30H30FN3O2/c1-4-5-28-32-33-29(36-28)17-8-21-6-9-23(10-7-21)30(2)27-16-15-26(35-3)20-22(27)18-19-34(30)25-13-11-24(31)12-14-25/h6-17,20H,4-5,18-19H2,1-3H3. The van der Waals surface area contributed by atoms with Crippen LogP contribution in [0.4, 0.5) is 10.1 Å². The van der Waals surface area contributed by atoms with E-state index in [0.29, 0.717) is 11.8 Å². The Hall–Kier alpha value is -3.93. The van der Waals surface area contributed by atoms with Gasteiger partial charge in [-0.15, -0.1) is 10.2 Å². The van der Waals surface area contributed by atoms with Gasteiger partial charge in [-0.25, -0.2) is 4.39 Å². The van der Waals surface area contributed by atoms with Crippen molar-refractivity contribution in [2.24, 2.45) is 0 Å². The van der Waals surface area contributed by atoms with Crippen molar-refractivity contribution in [3.8, 4) is 5.75 Å². The lowest BCUT2D eigenvalue weighted by Gasteiger charge is -2.48. The van der Waals surface area contributed by atoms with Gasteiger partial charge in [-0.05, 0) is 84.5 Å². The maximum atomic E-state index is 13.7. The number of ether oxygens (including phenoxy) is 1. The second kappa shape index (κ2) is 9.97. The van der Waals surface area contributed by atoms with Gasteiger partial charge in [0.15, 0.2) is 0 Å². The van der Waals surface area contributed by atoms with Gasteiger partial charge in [0, 0.05) is 24.7 Å². The smallest absolute Gasteiger partial charge is 0.240 e. The van der Waals surface area contributed by atoms with Crippen LogP contribution in [-0.4, -0.2) is 23.9 Å².